The van der Waals surface area contributed by atoms with Crippen molar-refractivity contribution in [2.75, 3.05) is 21.3 Å². The van der Waals surface area contributed by atoms with Gasteiger partial charge in [0.1, 0.15) is 17.2 Å². The Morgan fingerprint density at radius 1 is 0.706 bits per heavy atom. The van der Waals surface area contributed by atoms with E-state index in [4.69, 9.17) is 37.4 Å². The number of ketones is 1. The number of allylic oxidation sites excluding steroid dienone is 2. The van der Waals surface area contributed by atoms with E-state index in [9.17, 15) is 4.79 Å². The Morgan fingerprint density at radius 3 is 2.06 bits per heavy atom. The summed E-state index contributed by atoms with van der Waals surface area (Å²) in [5.41, 5.74) is 3.29. The van der Waals surface area contributed by atoms with E-state index in [1.54, 1.807) is 57.7 Å². The molecule has 3 rings (SSSR count). The highest BCUT2D eigenvalue weighted by Gasteiger charge is 2.09. The fourth-order valence-corrected chi connectivity index (χ4v) is 3.63. The number of halogens is 2. The molecule has 0 spiro atoms. The van der Waals surface area contributed by atoms with Crippen LogP contribution in [0.3, 0.4) is 0 Å². The summed E-state index contributed by atoms with van der Waals surface area (Å²) in [6.07, 6.45) is 10.2. The molecule has 3 aromatic carbocycles. The molecule has 0 atom stereocenters. The van der Waals surface area contributed by atoms with Crippen LogP contribution in [-0.4, -0.2) is 27.1 Å². The molecular weight excluding hydrogens is 471 g/mol. The van der Waals surface area contributed by atoms with Gasteiger partial charge >= 0.3 is 0 Å². The topological polar surface area (TPSA) is 44.8 Å². The predicted molar refractivity (Wildman–Crippen MR) is 141 cm³/mol. The second-order valence-corrected chi connectivity index (χ2v) is 8.02. The molecule has 0 aromatic heterocycles. The molecule has 6 heteroatoms. The minimum atomic E-state index is -0.200. The lowest BCUT2D eigenvalue weighted by atomic mass is 10.0. The summed E-state index contributed by atoms with van der Waals surface area (Å²) in [6, 6.07) is 16.5. The number of benzene rings is 3. The number of rotatable bonds is 9. The van der Waals surface area contributed by atoms with Gasteiger partial charge < -0.3 is 14.2 Å². The molecule has 0 bridgehead atoms. The summed E-state index contributed by atoms with van der Waals surface area (Å²) in [5.74, 6) is 1.82. The highest BCUT2D eigenvalue weighted by atomic mass is 35.5. The second-order valence-electron chi connectivity index (χ2n) is 7.17. The second kappa shape index (κ2) is 12.1. The molecule has 174 valence electrons. The first-order chi connectivity index (χ1) is 16.4. The third kappa shape index (κ3) is 6.77. The van der Waals surface area contributed by atoms with Gasteiger partial charge in [0.05, 0.1) is 21.3 Å². The van der Waals surface area contributed by atoms with Gasteiger partial charge in [0.15, 0.2) is 5.78 Å². The van der Waals surface area contributed by atoms with Crippen LogP contribution >= 0.6 is 23.2 Å². The number of hydrogen-bond donors (Lipinski definition) is 0. The van der Waals surface area contributed by atoms with Gasteiger partial charge in [0, 0.05) is 21.7 Å². The zero-order valence-electron chi connectivity index (χ0n) is 19.0. The molecule has 0 unspecified atom stereocenters. The van der Waals surface area contributed by atoms with Crippen molar-refractivity contribution in [3.63, 3.8) is 0 Å². The largest absolute Gasteiger partial charge is 0.497 e. The molecule has 0 aliphatic heterocycles. The van der Waals surface area contributed by atoms with E-state index in [1.807, 2.05) is 42.5 Å². The van der Waals surface area contributed by atoms with Crippen LogP contribution in [0.25, 0.3) is 24.3 Å². The third-order valence-electron chi connectivity index (χ3n) is 4.98. The lowest BCUT2D eigenvalue weighted by Gasteiger charge is -2.11. The molecule has 0 N–H and O–H groups in total. The zero-order valence-corrected chi connectivity index (χ0v) is 20.6. The first-order valence-corrected chi connectivity index (χ1v) is 11.1. The maximum absolute atomic E-state index is 12.5. The Balaban J connectivity index is 1.89. The van der Waals surface area contributed by atoms with Crippen molar-refractivity contribution in [2.24, 2.45) is 0 Å². The summed E-state index contributed by atoms with van der Waals surface area (Å²) in [7, 11) is 4.80. The van der Waals surface area contributed by atoms with Gasteiger partial charge in [-0.15, -0.1) is 0 Å². The summed E-state index contributed by atoms with van der Waals surface area (Å²) in [4.78, 5) is 12.5. The quantitative estimate of drug-likeness (QED) is 0.228. The van der Waals surface area contributed by atoms with Gasteiger partial charge in [-0.3, -0.25) is 4.79 Å². The number of methoxy groups -OCH3 is 3. The fourth-order valence-electron chi connectivity index (χ4n) is 3.16. The minimum Gasteiger partial charge on any atom is -0.497 e. The standard InChI is InChI=1S/C28H24Cl2O4/c1-32-24-13-5-19(6-14-24)4-7-21-16-25(33-2)18-28(34-3)26(21)15-12-23(31)11-9-20-8-10-22(29)17-27(20)30/h4-18H,1-3H3/b7-4+,11-9+,15-12+. The van der Waals surface area contributed by atoms with Gasteiger partial charge in [-0.05, 0) is 71.3 Å². The fraction of sp³-hybridized carbons (Fsp3) is 0.107. The molecule has 34 heavy (non-hydrogen) atoms. The van der Waals surface area contributed by atoms with Crippen molar-refractivity contribution >= 4 is 53.3 Å². The molecular formula is C28H24Cl2O4. The molecule has 0 radical (unpaired) electrons. The molecule has 0 aliphatic carbocycles. The van der Waals surface area contributed by atoms with E-state index in [2.05, 4.69) is 0 Å². The Bertz CT molecular complexity index is 1240. The van der Waals surface area contributed by atoms with E-state index in [-0.39, 0.29) is 5.78 Å². The molecule has 0 amide bonds. The van der Waals surface area contributed by atoms with Crippen LogP contribution in [-0.2, 0) is 4.79 Å². The number of carbonyl (C=O) groups is 1. The lowest BCUT2D eigenvalue weighted by molar-refractivity contribution is -0.110. The summed E-state index contributed by atoms with van der Waals surface area (Å²) >= 11 is 12.1. The first-order valence-electron chi connectivity index (χ1n) is 10.4. The Kier molecular flexibility index (Phi) is 8.97. The van der Waals surface area contributed by atoms with Crippen LogP contribution in [0.2, 0.25) is 10.0 Å². The molecule has 3 aromatic rings. The summed E-state index contributed by atoms with van der Waals surface area (Å²) in [5, 5.41) is 1.01. The first kappa shape index (κ1) is 25.2. The van der Waals surface area contributed by atoms with Crippen LogP contribution in [0.1, 0.15) is 22.3 Å². The van der Waals surface area contributed by atoms with E-state index in [0.29, 0.717) is 27.1 Å². The normalized spacial score (nSPS) is 11.4. The highest BCUT2D eigenvalue weighted by Crippen LogP contribution is 2.31. The molecule has 0 heterocycles. The van der Waals surface area contributed by atoms with Gasteiger partial charge in [-0.2, -0.15) is 0 Å². The van der Waals surface area contributed by atoms with E-state index >= 15 is 0 Å². The van der Waals surface area contributed by atoms with Crippen LogP contribution in [0, 0.1) is 0 Å². The summed E-state index contributed by atoms with van der Waals surface area (Å²) < 4.78 is 16.2. The van der Waals surface area contributed by atoms with Crippen molar-refractivity contribution < 1.29 is 19.0 Å². The maximum Gasteiger partial charge on any atom is 0.178 e. The SMILES string of the molecule is COc1ccc(/C=C/c2cc(OC)cc(OC)c2/C=C/C(=O)/C=C/c2ccc(Cl)cc2Cl)cc1. The van der Waals surface area contributed by atoms with Gasteiger partial charge in [0.25, 0.3) is 0 Å². The van der Waals surface area contributed by atoms with Crippen molar-refractivity contribution in [1.29, 1.82) is 0 Å². The Morgan fingerprint density at radius 2 is 1.41 bits per heavy atom. The molecule has 4 nitrogen and oxygen atoms in total. The zero-order chi connectivity index (χ0) is 24.5. The monoisotopic (exact) mass is 494 g/mol. The molecule has 0 saturated carbocycles. The van der Waals surface area contributed by atoms with E-state index in [0.717, 1.165) is 22.4 Å². The van der Waals surface area contributed by atoms with Crippen molar-refractivity contribution in [3.05, 3.63) is 99.0 Å². The van der Waals surface area contributed by atoms with Crippen molar-refractivity contribution in [3.8, 4) is 17.2 Å². The van der Waals surface area contributed by atoms with Crippen LogP contribution < -0.4 is 14.2 Å². The highest BCUT2D eigenvalue weighted by molar-refractivity contribution is 6.35. The maximum atomic E-state index is 12.5. The number of ether oxygens (including phenoxy) is 3. The average molecular weight is 495 g/mol. The van der Waals surface area contributed by atoms with Crippen molar-refractivity contribution in [1.82, 2.24) is 0 Å². The van der Waals surface area contributed by atoms with Gasteiger partial charge in [-0.1, -0.05) is 53.6 Å². The lowest BCUT2D eigenvalue weighted by Crippen LogP contribution is -1.94. The number of hydrogen-bond acceptors (Lipinski definition) is 4. The molecule has 0 fully saturated rings. The Labute approximate surface area is 209 Å². The molecule has 0 saturated heterocycles. The van der Waals surface area contributed by atoms with Crippen LogP contribution in [0.4, 0.5) is 0 Å². The van der Waals surface area contributed by atoms with E-state index in [1.165, 1.54) is 12.2 Å². The van der Waals surface area contributed by atoms with Gasteiger partial charge in [0.2, 0.25) is 0 Å². The summed E-state index contributed by atoms with van der Waals surface area (Å²) in [6.45, 7) is 0. The minimum absolute atomic E-state index is 0.200. The average Bonchev–Trinajstić information content (AvgIpc) is 2.85. The van der Waals surface area contributed by atoms with Gasteiger partial charge in [-0.25, -0.2) is 0 Å². The van der Waals surface area contributed by atoms with Crippen LogP contribution in [0.15, 0.2) is 66.7 Å². The smallest absolute Gasteiger partial charge is 0.178 e. The van der Waals surface area contributed by atoms with Crippen molar-refractivity contribution in [2.45, 2.75) is 0 Å². The Hall–Kier alpha value is -3.47. The van der Waals surface area contributed by atoms with Crippen LogP contribution in [0.5, 0.6) is 17.2 Å². The molecule has 0 aliphatic rings. The number of carbonyl (C=O) groups excluding carboxylic acids is 1. The van der Waals surface area contributed by atoms with E-state index < -0.39 is 0 Å². The third-order valence-corrected chi connectivity index (χ3v) is 5.54. The predicted octanol–water partition coefficient (Wildman–Crippen LogP) is 7.49.